The highest BCUT2D eigenvalue weighted by Crippen LogP contribution is 2.30. The molecule has 0 unspecified atom stereocenters. The van der Waals surface area contributed by atoms with E-state index in [2.05, 4.69) is 22.5 Å². The average molecular weight is 425 g/mol. The van der Waals surface area contributed by atoms with Crippen LogP contribution in [0.5, 0.6) is 11.5 Å². The van der Waals surface area contributed by atoms with Gasteiger partial charge in [-0.3, -0.25) is 9.48 Å². The van der Waals surface area contributed by atoms with Crippen molar-refractivity contribution in [3.8, 4) is 22.6 Å². The second-order valence-corrected chi connectivity index (χ2v) is 7.65. The summed E-state index contributed by atoms with van der Waals surface area (Å²) in [6.45, 7) is 1.48. The zero-order valence-electron chi connectivity index (χ0n) is 17.5. The van der Waals surface area contributed by atoms with Crippen molar-refractivity contribution in [2.45, 2.75) is 12.6 Å². The molecule has 1 aromatic heterocycles. The van der Waals surface area contributed by atoms with E-state index in [1.165, 1.54) is 0 Å². The fourth-order valence-corrected chi connectivity index (χ4v) is 3.77. The lowest BCUT2D eigenvalue weighted by molar-refractivity contribution is 0.0789. The van der Waals surface area contributed by atoms with Crippen LogP contribution in [0.1, 0.15) is 15.9 Å². The molecule has 0 radical (unpaired) electrons. The number of amides is 1. The van der Waals surface area contributed by atoms with Crippen LogP contribution >= 0.6 is 0 Å². The van der Waals surface area contributed by atoms with Gasteiger partial charge in [-0.05, 0) is 41.0 Å². The van der Waals surface area contributed by atoms with E-state index in [-0.39, 0.29) is 12.0 Å². The number of para-hydroxylation sites is 2. The molecule has 0 bridgehead atoms. The van der Waals surface area contributed by atoms with E-state index in [4.69, 9.17) is 9.47 Å². The summed E-state index contributed by atoms with van der Waals surface area (Å²) in [5, 5.41) is 7.24. The normalized spacial score (nSPS) is 14.7. The van der Waals surface area contributed by atoms with E-state index in [0.29, 0.717) is 31.0 Å². The number of fused-ring (bicyclic) bond motifs is 1. The Morgan fingerprint density at radius 2 is 1.75 bits per heavy atom. The van der Waals surface area contributed by atoms with Crippen molar-refractivity contribution >= 4 is 5.91 Å². The molecular formula is C26H23N3O3. The molecule has 4 aromatic rings. The predicted octanol–water partition coefficient (Wildman–Crippen LogP) is 4.17. The Labute approximate surface area is 186 Å². The summed E-state index contributed by atoms with van der Waals surface area (Å²) in [6.07, 6.45) is 3.47. The molecule has 1 atom stereocenters. The topological polar surface area (TPSA) is 65.4 Å². The smallest absolute Gasteiger partial charge is 0.252 e. The monoisotopic (exact) mass is 425 g/mol. The zero-order chi connectivity index (χ0) is 21.8. The molecule has 1 N–H and O–H groups in total. The van der Waals surface area contributed by atoms with E-state index < -0.39 is 0 Å². The second kappa shape index (κ2) is 8.98. The lowest BCUT2D eigenvalue weighted by Gasteiger charge is -2.26. The van der Waals surface area contributed by atoms with Gasteiger partial charge in [0.25, 0.3) is 5.91 Å². The number of hydrogen-bond acceptors (Lipinski definition) is 4. The van der Waals surface area contributed by atoms with Gasteiger partial charge in [-0.2, -0.15) is 5.10 Å². The first-order chi connectivity index (χ1) is 15.8. The molecule has 0 fully saturated rings. The fourth-order valence-electron chi connectivity index (χ4n) is 3.77. The third-order valence-electron chi connectivity index (χ3n) is 5.40. The minimum absolute atomic E-state index is 0.135. The minimum Gasteiger partial charge on any atom is -0.486 e. The van der Waals surface area contributed by atoms with E-state index in [1.807, 2.05) is 77.6 Å². The fraction of sp³-hybridized carbons (Fsp3) is 0.154. The number of nitrogens with one attached hydrogen (secondary N) is 1. The molecule has 6 nitrogen and oxygen atoms in total. The lowest BCUT2D eigenvalue weighted by Crippen LogP contribution is -2.40. The van der Waals surface area contributed by atoms with E-state index >= 15 is 0 Å². The van der Waals surface area contributed by atoms with Crippen LogP contribution in [0.25, 0.3) is 11.1 Å². The Balaban J connectivity index is 1.26. The van der Waals surface area contributed by atoms with Crippen LogP contribution in [0.15, 0.2) is 91.3 Å². The Bertz CT molecular complexity index is 1200. The van der Waals surface area contributed by atoms with E-state index in [1.54, 1.807) is 6.20 Å². The van der Waals surface area contributed by atoms with Crippen molar-refractivity contribution in [1.82, 2.24) is 15.1 Å². The van der Waals surface area contributed by atoms with Crippen molar-refractivity contribution in [3.05, 3.63) is 102 Å². The second-order valence-electron chi connectivity index (χ2n) is 7.65. The van der Waals surface area contributed by atoms with Gasteiger partial charge in [0.15, 0.2) is 11.5 Å². The van der Waals surface area contributed by atoms with Crippen LogP contribution in [0.4, 0.5) is 0 Å². The minimum atomic E-state index is -0.234. The van der Waals surface area contributed by atoms with Crippen LogP contribution in [-0.4, -0.2) is 34.9 Å². The van der Waals surface area contributed by atoms with E-state index in [9.17, 15) is 4.79 Å². The van der Waals surface area contributed by atoms with Crippen molar-refractivity contribution in [1.29, 1.82) is 0 Å². The van der Waals surface area contributed by atoms with Gasteiger partial charge in [-0.15, -0.1) is 0 Å². The van der Waals surface area contributed by atoms with Crippen LogP contribution in [0.3, 0.4) is 0 Å². The standard InChI is InChI=1S/C26H23N3O3/c30-26(27-16-21-18-31-24-8-3-4-9-25(24)32-21)23-7-2-1-6-22(23)20-12-10-19(11-13-20)17-29-15-5-14-28-29/h1-15,21H,16-18H2,(H,27,30)/t21-/m1/s1. The van der Waals surface area contributed by atoms with Gasteiger partial charge in [-0.25, -0.2) is 0 Å². The number of rotatable bonds is 6. The highest BCUT2D eigenvalue weighted by atomic mass is 16.6. The van der Waals surface area contributed by atoms with E-state index in [0.717, 1.165) is 22.4 Å². The number of carbonyl (C=O) groups excluding carboxylic acids is 1. The van der Waals surface area contributed by atoms with Gasteiger partial charge < -0.3 is 14.8 Å². The summed E-state index contributed by atoms with van der Waals surface area (Å²) in [5.41, 5.74) is 3.66. The lowest BCUT2D eigenvalue weighted by atomic mass is 9.98. The summed E-state index contributed by atoms with van der Waals surface area (Å²) in [5.74, 6) is 1.30. The first-order valence-electron chi connectivity index (χ1n) is 10.6. The Morgan fingerprint density at radius 1 is 0.969 bits per heavy atom. The van der Waals surface area contributed by atoms with Crippen LogP contribution in [-0.2, 0) is 6.54 Å². The average Bonchev–Trinajstić information content (AvgIpc) is 3.36. The summed E-state index contributed by atoms with van der Waals surface area (Å²) in [4.78, 5) is 13.0. The Hall–Kier alpha value is -4.06. The first kappa shape index (κ1) is 19.9. The molecule has 3 aromatic carbocycles. The van der Waals surface area contributed by atoms with Crippen LogP contribution < -0.4 is 14.8 Å². The van der Waals surface area contributed by atoms with Gasteiger partial charge in [0.1, 0.15) is 12.7 Å². The van der Waals surface area contributed by atoms with Crippen LogP contribution in [0.2, 0.25) is 0 Å². The molecule has 1 amide bonds. The predicted molar refractivity (Wildman–Crippen MR) is 122 cm³/mol. The molecule has 0 saturated carbocycles. The summed E-state index contributed by atoms with van der Waals surface area (Å²) < 4.78 is 13.6. The molecule has 0 aliphatic carbocycles. The largest absolute Gasteiger partial charge is 0.486 e. The number of nitrogens with zero attached hydrogens (tertiary/aromatic N) is 2. The summed E-state index contributed by atoms with van der Waals surface area (Å²) in [7, 11) is 0. The zero-order valence-corrected chi connectivity index (χ0v) is 17.5. The van der Waals surface area contributed by atoms with Crippen molar-refractivity contribution < 1.29 is 14.3 Å². The maximum absolute atomic E-state index is 13.0. The van der Waals surface area contributed by atoms with Gasteiger partial charge in [-0.1, -0.05) is 54.6 Å². The Morgan fingerprint density at radius 3 is 2.56 bits per heavy atom. The molecule has 6 heteroatoms. The SMILES string of the molecule is O=C(NC[C@@H]1COc2ccccc2O1)c1ccccc1-c1ccc(Cn2cccn2)cc1. The summed E-state index contributed by atoms with van der Waals surface area (Å²) >= 11 is 0. The molecular weight excluding hydrogens is 402 g/mol. The molecule has 0 spiro atoms. The first-order valence-corrected chi connectivity index (χ1v) is 10.6. The summed E-state index contributed by atoms with van der Waals surface area (Å²) in [6, 6.07) is 25.3. The highest BCUT2D eigenvalue weighted by molar-refractivity contribution is 6.00. The van der Waals surface area contributed by atoms with Gasteiger partial charge in [0, 0.05) is 18.0 Å². The Kier molecular flexibility index (Phi) is 5.58. The number of benzene rings is 3. The third kappa shape index (κ3) is 4.34. The number of aromatic nitrogens is 2. The maximum Gasteiger partial charge on any atom is 0.252 e. The molecule has 0 saturated heterocycles. The third-order valence-corrected chi connectivity index (χ3v) is 5.40. The number of carbonyl (C=O) groups is 1. The van der Waals surface area contributed by atoms with Crippen LogP contribution in [0, 0.1) is 0 Å². The van der Waals surface area contributed by atoms with Gasteiger partial charge >= 0.3 is 0 Å². The molecule has 32 heavy (non-hydrogen) atoms. The quantitative estimate of drug-likeness (QED) is 0.504. The molecule has 1 aliphatic rings. The molecule has 2 heterocycles. The maximum atomic E-state index is 13.0. The number of hydrogen-bond donors (Lipinski definition) is 1. The molecule has 1 aliphatic heterocycles. The van der Waals surface area contributed by atoms with Gasteiger partial charge in [0.05, 0.1) is 13.1 Å². The van der Waals surface area contributed by atoms with Crippen molar-refractivity contribution in [2.24, 2.45) is 0 Å². The van der Waals surface area contributed by atoms with Crippen molar-refractivity contribution in [2.75, 3.05) is 13.2 Å². The molecule has 160 valence electrons. The molecule has 5 rings (SSSR count). The highest BCUT2D eigenvalue weighted by Gasteiger charge is 2.22. The number of ether oxygens (including phenoxy) is 2. The van der Waals surface area contributed by atoms with Crippen molar-refractivity contribution in [3.63, 3.8) is 0 Å². The van der Waals surface area contributed by atoms with Gasteiger partial charge in [0.2, 0.25) is 0 Å².